The molecular formula is C22H29N5O3. The zero-order valence-corrected chi connectivity index (χ0v) is 17.6. The second-order valence-electron chi connectivity index (χ2n) is 8.31. The lowest BCUT2D eigenvalue weighted by molar-refractivity contribution is -0.130. The maximum Gasteiger partial charge on any atom is 0.227 e. The van der Waals surface area contributed by atoms with Crippen molar-refractivity contribution in [3.8, 4) is 5.75 Å². The number of nitrogens with zero attached hydrogens (tertiary/aromatic N) is 3. The van der Waals surface area contributed by atoms with E-state index in [0.29, 0.717) is 25.3 Å². The van der Waals surface area contributed by atoms with Crippen molar-refractivity contribution in [1.82, 2.24) is 25.4 Å². The first-order valence-electron chi connectivity index (χ1n) is 10.6. The predicted octanol–water partition coefficient (Wildman–Crippen LogP) is 1.97. The molecule has 2 atom stereocenters. The number of rotatable bonds is 6. The topological polar surface area (TPSA) is 100 Å². The first-order chi connectivity index (χ1) is 14.5. The van der Waals surface area contributed by atoms with Crippen molar-refractivity contribution in [2.75, 3.05) is 20.2 Å². The third-order valence-corrected chi connectivity index (χ3v) is 6.16. The van der Waals surface area contributed by atoms with E-state index in [-0.39, 0.29) is 29.7 Å². The Kier molecular flexibility index (Phi) is 6.01. The second kappa shape index (κ2) is 8.85. The van der Waals surface area contributed by atoms with Gasteiger partial charge in [0.1, 0.15) is 11.6 Å². The molecule has 8 nitrogen and oxygen atoms in total. The smallest absolute Gasteiger partial charge is 0.227 e. The lowest BCUT2D eigenvalue weighted by Gasteiger charge is -2.20. The molecule has 0 spiro atoms. The fourth-order valence-electron chi connectivity index (χ4n) is 4.50. The van der Waals surface area contributed by atoms with Crippen LogP contribution in [0.4, 0.5) is 0 Å². The highest BCUT2D eigenvalue weighted by molar-refractivity contribution is 5.81. The summed E-state index contributed by atoms with van der Waals surface area (Å²) < 4.78 is 5.26. The molecule has 8 heteroatoms. The van der Waals surface area contributed by atoms with Crippen LogP contribution < -0.4 is 10.1 Å². The van der Waals surface area contributed by atoms with E-state index in [1.165, 1.54) is 0 Å². The molecule has 2 fully saturated rings. The van der Waals surface area contributed by atoms with Gasteiger partial charge in [-0.25, -0.2) is 4.98 Å². The summed E-state index contributed by atoms with van der Waals surface area (Å²) in [7, 11) is 1.61. The van der Waals surface area contributed by atoms with Crippen LogP contribution in [0.3, 0.4) is 0 Å². The molecule has 2 aromatic rings. The Morgan fingerprint density at radius 1 is 1.27 bits per heavy atom. The highest BCUT2D eigenvalue weighted by atomic mass is 16.5. The maximum absolute atomic E-state index is 13.0. The van der Waals surface area contributed by atoms with E-state index in [2.05, 4.69) is 20.5 Å². The minimum absolute atomic E-state index is 0.0260. The average molecular weight is 412 g/mol. The Labute approximate surface area is 176 Å². The third kappa shape index (κ3) is 4.47. The number of hydrogen-bond acceptors (Lipinski definition) is 5. The summed E-state index contributed by atoms with van der Waals surface area (Å²) in [6.07, 6.45) is 4.40. The molecule has 1 saturated carbocycles. The van der Waals surface area contributed by atoms with Crippen molar-refractivity contribution in [2.24, 2.45) is 5.92 Å². The number of aromatic amines is 1. The maximum atomic E-state index is 13.0. The van der Waals surface area contributed by atoms with Crippen molar-refractivity contribution in [1.29, 1.82) is 0 Å². The van der Waals surface area contributed by atoms with E-state index >= 15 is 0 Å². The number of likely N-dealkylation sites (tertiary alicyclic amines) is 1. The van der Waals surface area contributed by atoms with Crippen LogP contribution in [0.1, 0.15) is 48.8 Å². The van der Waals surface area contributed by atoms with E-state index in [1.807, 2.05) is 36.1 Å². The Balaban J connectivity index is 1.47. The summed E-state index contributed by atoms with van der Waals surface area (Å²) >= 11 is 0. The van der Waals surface area contributed by atoms with Gasteiger partial charge in [-0.2, -0.15) is 5.10 Å². The number of hydrogen-bond donors (Lipinski definition) is 2. The first kappa shape index (κ1) is 20.4. The Hall–Kier alpha value is -2.90. The molecule has 30 heavy (non-hydrogen) atoms. The van der Waals surface area contributed by atoms with Crippen molar-refractivity contribution in [3.05, 3.63) is 41.5 Å². The number of amides is 2. The van der Waals surface area contributed by atoms with Gasteiger partial charge < -0.3 is 15.0 Å². The second-order valence-corrected chi connectivity index (χ2v) is 8.31. The summed E-state index contributed by atoms with van der Waals surface area (Å²) in [5.74, 6) is 2.20. The van der Waals surface area contributed by atoms with Crippen LogP contribution in [0, 0.1) is 12.8 Å². The van der Waals surface area contributed by atoms with Crippen LogP contribution in [0.15, 0.2) is 24.3 Å². The number of aromatic nitrogens is 3. The summed E-state index contributed by atoms with van der Waals surface area (Å²) in [4.78, 5) is 32.0. The number of H-pyrrole nitrogens is 1. The number of carbonyl (C=O) groups is 2. The van der Waals surface area contributed by atoms with Crippen LogP contribution in [-0.2, 0) is 16.0 Å². The van der Waals surface area contributed by atoms with Gasteiger partial charge in [0.15, 0.2) is 5.82 Å². The fraction of sp³-hybridized carbons (Fsp3) is 0.545. The molecule has 1 saturated heterocycles. The fourth-order valence-corrected chi connectivity index (χ4v) is 4.50. The predicted molar refractivity (Wildman–Crippen MR) is 111 cm³/mol. The van der Waals surface area contributed by atoms with Crippen LogP contribution in [-0.4, -0.2) is 58.1 Å². The molecule has 1 aromatic heterocycles. The SMILES string of the molecule is COc1cccc(CC(=O)N2C[C@@H](NC(=O)C3CCCC3)[C@H](c3n[nH]c(C)n3)C2)c1. The molecule has 0 radical (unpaired) electrons. The third-order valence-electron chi connectivity index (χ3n) is 6.16. The molecule has 2 N–H and O–H groups in total. The highest BCUT2D eigenvalue weighted by Crippen LogP contribution is 2.29. The molecule has 160 valence electrons. The molecule has 1 aliphatic carbocycles. The quantitative estimate of drug-likeness (QED) is 0.757. The van der Waals surface area contributed by atoms with E-state index in [4.69, 9.17) is 4.74 Å². The van der Waals surface area contributed by atoms with Gasteiger partial charge in [-0.1, -0.05) is 25.0 Å². The number of aryl methyl sites for hydroxylation is 1. The molecular weight excluding hydrogens is 382 g/mol. The molecule has 1 aliphatic heterocycles. The Morgan fingerprint density at radius 3 is 2.77 bits per heavy atom. The van der Waals surface area contributed by atoms with Gasteiger partial charge >= 0.3 is 0 Å². The van der Waals surface area contributed by atoms with Crippen LogP contribution >= 0.6 is 0 Å². The van der Waals surface area contributed by atoms with Crippen molar-refractivity contribution in [3.63, 3.8) is 0 Å². The Bertz CT molecular complexity index is 906. The molecule has 2 aliphatic rings. The standard InChI is InChI=1S/C22H29N5O3/c1-14-23-21(26-25-14)18-12-27(13-19(18)24-22(29)16-7-3-4-8-16)20(28)11-15-6-5-9-17(10-15)30-2/h5-6,9-10,16,18-19H,3-4,7-8,11-13H2,1-2H3,(H,24,29)(H,23,25,26)/t18-,19-/m1/s1. The molecule has 0 bridgehead atoms. The van der Waals surface area contributed by atoms with Gasteiger partial charge in [0, 0.05) is 19.0 Å². The summed E-state index contributed by atoms with van der Waals surface area (Å²) in [6, 6.07) is 7.37. The molecule has 4 rings (SSSR count). The Morgan fingerprint density at radius 2 is 2.07 bits per heavy atom. The van der Waals surface area contributed by atoms with E-state index < -0.39 is 0 Å². The number of benzene rings is 1. The number of ether oxygens (including phenoxy) is 1. The number of nitrogens with one attached hydrogen (secondary N) is 2. The van der Waals surface area contributed by atoms with E-state index in [0.717, 1.165) is 42.8 Å². The van der Waals surface area contributed by atoms with E-state index in [1.54, 1.807) is 7.11 Å². The minimum Gasteiger partial charge on any atom is -0.497 e. The molecule has 1 aromatic carbocycles. The largest absolute Gasteiger partial charge is 0.497 e. The minimum atomic E-state index is -0.178. The number of methoxy groups -OCH3 is 1. The first-order valence-corrected chi connectivity index (χ1v) is 10.6. The monoisotopic (exact) mass is 411 g/mol. The molecule has 2 amide bonds. The van der Waals surface area contributed by atoms with Gasteiger partial charge in [0.05, 0.1) is 25.5 Å². The summed E-state index contributed by atoms with van der Waals surface area (Å²) in [6.45, 7) is 2.82. The van der Waals surface area contributed by atoms with Crippen LogP contribution in [0.5, 0.6) is 5.75 Å². The summed E-state index contributed by atoms with van der Waals surface area (Å²) in [5, 5.41) is 10.4. The molecule has 2 heterocycles. The number of carbonyl (C=O) groups excluding carboxylic acids is 2. The zero-order valence-electron chi connectivity index (χ0n) is 17.6. The van der Waals surface area contributed by atoms with Crippen molar-refractivity contribution >= 4 is 11.8 Å². The van der Waals surface area contributed by atoms with Crippen molar-refractivity contribution in [2.45, 2.75) is 51.0 Å². The normalized spacial score (nSPS) is 21.7. The van der Waals surface area contributed by atoms with Gasteiger partial charge in [-0.05, 0) is 37.5 Å². The van der Waals surface area contributed by atoms with Gasteiger partial charge in [-0.15, -0.1) is 0 Å². The lowest BCUT2D eigenvalue weighted by atomic mass is 10.0. The van der Waals surface area contributed by atoms with Gasteiger partial charge in [-0.3, -0.25) is 14.7 Å². The van der Waals surface area contributed by atoms with Gasteiger partial charge in [0.25, 0.3) is 0 Å². The lowest BCUT2D eigenvalue weighted by Crippen LogP contribution is -2.43. The van der Waals surface area contributed by atoms with Crippen molar-refractivity contribution < 1.29 is 14.3 Å². The average Bonchev–Trinajstić information content (AvgIpc) is 3.49. The van der Waals surface area contributed by atoms with Gasteiger partial charge in [0.2, 0.25) is 11.8 Å². The zero-order chi connectivity index (χ0) is 21.1. The van der Waals surface area contributed by atoms with E-state index in [9.17, 15) is 9.59 Å². The van der Waals surface area contributed by atoms with Crippen LogP contribution in [0.2, 0.25) is 0 Å². The summed E-state index contributed by atoms with van der Waals surface area (Å²) in [5.41, 5.74) is 0.906. The molecule has 0 unspecified atom stereocenters. The highest BCUT2D eigenvalue weighted by Gasteiger charge is 2.40. The van der Waals surface area contributed by atoms with Crippen LogP contribution in [0.25, 0.3) is 0 Å².